The Hall–Kier alpha value is -1.79. The van der Waals surface area contributed by atoms with Crippen LogP contribution in [0, 0.1) is 0 Å². The second kappa shape index (κ2) is 20.2. The highest BCUT2D eigenvalue weighted by molar-refractivity contribution is 5.66. The predicted octanol–water partition coefficient (Wildman–Crippen LogP) is 9.24. The molecule has 0 radical (unpaired) electrons. The molecule has 2 aliphatic heterocycles. The van der Waals surface area contributed by atoms with Crippen molar-refractivity contribution in [1.29, 1.82) is 0 Å². The number of rotatable bonds is 23. The van der Waals surface area contributed by atoms with E-state index in [1.807, 2.05) is 0 Å². The first kappa shape index (κ1) is 34.7. The molecular formula is C36H62N2O4. The molecule has 0 bridgehead atoms. The van der Waals surface area contributed by atoms with Gasteiger partial charge in [-0.1, -0.05) is 110 Å². The zero-order valence-electron chi connectivity index (χ0n) is 27.5. The molecule has 6 heteroatoms. The van der Waals surface area contributed by atoms with Crippen LogP contribution < -0.4 is 9.47 Å². The van der Waals surface area contributed by atoms with Gasteiger partial charge >= 0.3 is 5.97 Å². The van der Waals surface area contributed by atoms with Crippen LogP contribution in [0.5, 0.6) is 11.5 Å². The van der Waals surface area contributed by atoms with Gasteiger partial charge in [-0.2, -0.15) is 0 Å². The lowest BCUT2D eigenvalue weighted by atomic mass is 9.88. The van der Waals surface area contributed by atoms with Crippen molar-refractivity contribution >= 4 is 5.97 Å². The Bertz CT molecular complexity index is 918. The summed E-state index contributed by atoms with van der Waals surface area (Å²) in [5, 5.41) is 8.99. The van der Waals surface area contributed by atoms with Gasteiger partial charge in [0.05, 0.1) is 0 Å². The fraction of sp³-hybridized carbons (Fsp3) is 0.806. The van der Waals surface area contributed by atoms with E-state index < -0.39 is 5.97 Å². The number of fused-ring (bicyclic) bond motifs is 2. The van der Waals surface area contributed by atoms with Gasteiger partial charge in [0.25, 0.3) is 0 Å². The van der Waals surface area contributed by atoms with Gasteiger partial charge in [-0.05, 0) is 46.2 Å². The molecule has 2 aliphatic rings. The van der Waals surface area contributed by atoms with Crippen molar-refractivity contribution in [2.45, 2.75) is 161 Å². The fourth-order valence-corrected chi connectivity index (χ4v) is 6.71. The molecular weight excluding hydrogens is 524 g/mol. The van der Waals surface area contributed by atoms with Crippen molar-refractivity contribution in [3.63, 3.8) is 0 Å². The zero-order chi connectivity index (χ0) is 30.0. The molecule has 1 aromatic rings. The van der Waals surface area contributed by atoms with Gasteiger partial charge in [0.1, 0.15) is 25.0 Å². The third kappa shape index (κ3) is 12.1. The summed E-state index contributed by atoms with van der Waals surface area (Å²) in [6, 6.07) is 0. The molecule has 2 heterocycles. The van der Waals surface area contributed by atoms with Gasteiger partial charge in [0.2, 0.25) is 0 Å². The standard InChI is InChI=1S/C36H62N2O4/c1-4-5-6-7-8-9-10-11-12-13-14-15-16-17-18-20-23-30-32-26-37(2)29-42-36(32)31(24-21-19-22-25-34(39)40)33-27-38(3)28-41-35(30)33/h4-29H2,1-3H3,(H,39,40). The maximum absolute atomic E-state index is 10.9. The summed E-state index contributed by atoms with van der Waals surface area (Å²) in [7, 11) is 4.24. The summed E-state index contributed by atoms with van der Waals surface area (Å²) in [4.78, 5) is 15.4. The number of carboxylic acid groups (broad SMARTS) is 1. The molecule has 0 aromatic heterocycles. The third-order valence-corrected chi connectivity index (χ3v) is 9.14. The molecule has 0 amide bonds. The molecule has 0 fully saturated rings. The van der Waals surface area contributed by atoms with E-state index in [-0.39, 0.29) is 6.42 Å². The Kier molecular flexibility index (Phi) is 16.7. The van der Waals surface area contributed by atoms with Gasteiger partial charge in [-0.25, -0.2) is 0 Å². The first-order chi connectivity index (χ1) is 20.5. The minimum Gasteiger partial charge on any atom is -0.481 e. The van der Waals surface area contributed by atoms with E-state index in [9.17, 15) is 4.79 Å². The molecule has 3 rings (SSSR count). The van der Waals surface area contributed by atoms with Crippen LogP contribution >= 0.6 is 0 Å². The lowest BCUT2D eigenvalue weighted by Crippen LogP contribution is -2.34. The van der Waals surface area contributed by atoms with E-state index in [1.54, 1.807) is 0 Å². The quantitative estimate of drug-likeness (QED) is 0.129. The van der Waals surface area contributed by atoms with E-state index in [0.717, 1.165) is 56.7 Å². The number of hydrogen-bond donors (Lipinski definition) is 1. The number of aliphatic carboxylic acids is 1. The molecule has 0 saturated heterocycles. The summed E-state index contributed by atoms with van der Waals surface area (Å²) in [6.07, 6.45) is 27.1. The first-order valence-corrected chi connectivity index (χ1v) is 17.5. The van der Waals surface area contributed by atoms with Crippen molar-refractivity contribution in [2.24, 2.45) is 0 Å². The number of carboxylic acids is 1. The van der Waals surface area contributed by atoms with Gasteiger partial charge in [-0.3, -0.25) is 14.6 Å². The lowest BCUT2D eigenvalue weighted by Gasteiger charge is -2.36. The van der Waals surface area contributed by atoms with E-state index in [4.69, 9.17) is 14.6 Å². The van der Waals surface area contributed by atoms with Gasteiger partial charge < -0.3 is 14.6 Å². The van der Waals surface area contributed by atoms with E-state index >= 15 is 0 Å². The number of ether oxygens (including phenoxy) is 2. The SMILES string of the molecule is CCCCCCCCCCCCCCCCCCc1c2c(c(CCCCCC(=O)O)c3c1OCN(C)C3)OCN(C)C2. The van der Waals surface area contributed by atoms with Crippen LogP contribution in [-0.2, 0) is 30.7 Å². The molecule has 6 nitrogen and oxygen atoms in total. The highest BCUT2D eigenvalue weighted by Crippen LogP contribution is 2.44. The van der Waals surface area contributed by atoms with Gasteiger partial charge in [0.15, 0.2) is 0 Å². The molecule has 0 saturated carbocycles. The second-order valence-corrected chi connectivity index (χ2v) is 13.2. The largest absolute Gasteiger partial charge is 0.481 e. The maximum atomic E-state index is 10.9. The number of benzene rings is 1. The van der Waals surface area contributed by atoms with E-state index in [0.29, 0.717) is 13.5 Å². The molecule has 0 atom stereocenters. The molecule has 1 aromatic carbocycles. The number of hydrogen-bond acceptors (Lipinski definition) is 5. The van der Waals surface area contributed by atoms with Crippen LogP contribution in [0.3, 0.4) is 0 Å². The zero-order valence-corrected chi connectivity index (χ0v) is 27.5. The van der Waals surface area contributed by atoms with E-state index in [2.05, 4.69) is 30.8 Å². The first-order valence-electron chi connectivity index (χ1n) is 17.5. The molecule has 42 heavy (non-hydrogen) atoms. The monoisotopic (exact) mass is 586 g/mol. The van der Waals surface area contributed by atoms with Crippen LogP contribution in [-0.4, -0.2) is 48.4 Å². The fourth-order valence-electron chi connectivity index (χ4n) is 6.71. The summed E-state index contributed by atoms with van der Waals surface area (Å²) in [5.41, 5.74) is 5.30. The topological polar surface area (TPSA) is 62.2 Å². The molecule has 0 unspecified atom stereocenters. The molecule has 1 N–H and O–H groups in total. The second-order valence-electron chi connectivity index (χ2n) is 13.2. The highest BCUT2D eigenvalue weighted by atomic mass is 16.5. The number of carbonyl (C=O) groups is 1. The predicted molar refractivity (Wildman–Crippen MR) is 173 cm³/mol. The Balaban J connectivity index is 1.43. The van der Waals surface area contributed by atoms with Crippen molar-refractivity contribution in [3.05, 3.63) is 22.3 Å². The minimum absolute atomic E-state index is 0.252. The van der Waals surface area contributed by atoms with Crippen molar-refractivity contribution in [1.82, 2.24) is 9.80 Å². The Morgan fingerprint density at radius 2 is 0.952 bits per heavy atom. The van der Waals surface area contributed by atoms with Crippen molar-refractivity contribution < 1.29 is 19.4 Å². The molecule has 0 spiro atoms. The lowest BCUT2D eigenvalue weighted by molar-refractivity contribution is -0.137. The summed E-state index contributed by atoms with van der Waals surface area (Å²) < 4.78 is 12.8. The Morgan fingerprint density at radius 3 is 1.33 bits per heavy atom. The van der Waals surface area contributed by atoms with Crippen LogP contribution in [0.25, 0.3) is 0 Å². The minimum atomic E-state index is -0.704. The average Bonchev–Trinajstić information content (AvgIpc) is 2.97. The summed E-state index contributed by atoms with van der Waals surface area (Å²) >= 11 is 0. The van der Waals surface area contributed by atoms with Crippen LogP contribution in [0.15, 0.2) is 0 Å². The van der Waals surface area contributed by atoms with Crippen LogP contribution in [0.1, 0.15) is 158 Å². The maximum Gasteiger partial charge on any atom is 0.303 e. The average molecular weight is 587 g/mol. The van der Waals surface area contributed by atoms with Crippen molar-refractivity contribution in [2.75, 3.05) is 27.6 Å². The summed E-state index contributed by atoms with van der Waals surface area (Å²) in [6.45, 7) is 5.33. The molecule has 0 aliphatic carbocycles. The van der Waals surface area contributed by atoms with Gasteiger partial charge in [-0.15, -0.1) is 0 Å². The van der Waals surface area contributed by atoms with Crippen molar-refractivity contribution in [3.8, 4) is 11.5 Å². The van der Waals surface area contributed by atoms with Crippen LogP contribution in [0.4, 0.5) is 0 Å². The highest BCUT2D eigenvalue weighted by Gasteiger charge is 2.31. The Labute approximate surface area is 257 Å². The summed E-state index contributed by atoms with van der Waals surface area (Å²) in [5.74, 6) is 1.51. The van der Waals surface area contributed by atoms with Crippen LogP contribution in [0.2, 0.25) is 0 Å². The Morgan fingerprint density at radius 1 is 0.595 bits per heavy atom. The normalized spacial score (nSPS) is 15.2. The van der Waals surface area contributed by atoms with E-state index in [1.165, 1.54) is 125 Å². The smallest absolute Gasteiger partial charge is 0.303 e. The number of nitrogens with zero attached hydrogens (tertiary/aromatic N) is 2. The van der Waals surface area contributed by atoms with Gasteiger partial charge in [0, 0.05) is 41.8 Å². The molecule has 240 valence electrons. The third-order valence-electron chi connectivity index (χ3n) is 9.14. The number of unbranched alkanes of at least 4 members (excludes halogenated alkanes) is 17.